The van der Waals surface area contributed by atoms with Crippen LogP contribution in [0.5, 0.6) is 5.75 Å². The summed E-state index contributed by atoms with van der Waals surface area (Å²) < 4.78 is 33.8. The van der Waals surface area contributed by atoms with Gasteiger partial charge in [0.2, 0.25) is 5.91 Å². The van der Waals surface area contributed by atoms with Gasteiger partial charge in [-0.1, -0.05) is 54.9 Å². The van der Waals surface area contributed by atoms with Gasteiger partial charge in [0.15, 0.2) is 0 Å². The number of sulfonamides is 1. The van der Waals surface area contributed by atoms with Crippen LogP contribution in [0.15, 0.2) is 71.6 Å². The fraction of sp³-hybridized carbons (Fsp3) is 0.240. The topological polar surface area (TPSA) is 119 Å². The maximum Gasteiger partial charge on any atom is 0.273 e. The number of methoxy groups -OCH3 is 1. The van der Waals surface area contributed by atoms with Crippen molar-refractivity contribution in [3.63, 3.8) is 0 Å². The van der Waals surface area contributed by atoms with Crippen molar-refractivity contribution in [2.24, 2.45) is 0 Å². The van der Waals surface area contributed by atoms with E-state index in [1.165, 1.54) is 44.4 Å². The zero-order valence-electron chi connectivity index (χ0n) is 20.0. The van der Waals surface area contributed by atoms with Gasteiger partial charge in [0.25, 0.3) is 15.7 Å². The molecular formula is C25H26ClN3O6S. The van der Waals surface area contributed by atoms with E-state index in [9.17, 15) is 23.3 Å². The molecule has 0 unspecified atom stereocenters. The molecule has 3 aromatic rings. The Kier molecular flexibility index (Phi) is 8.54. The Labute approximate surface area is 214 Å². The van der Waals surface area contributed by atoms with E-state index < -0.39 is 27.4 Å². The molecule has 0 aliphatic rings. The molecule has 0 aliphatic heterocycles. The molecule has 3 aromatic carbocycles. The molecule has 0 spiro atoms. The van der Waals surface area contributed by atoms with E-state index in [0.717, 1.165) is 15.9 Å². The average Bonchev–Trinajstić information content (AvgIpc) is 2.86. The van der Waals surface area contributed by atoms with Gasteiger partial charge in [0, 0.05) is 16.7 Å². The largest absolute Gasteiger partial charge is 0.495 e. The fourth-order valence-electron chi connectivity index (χ4n) is 3.71. The number of rotatable bonds is 10. The fourth-order valence-corrected chi connectivity index (χ4v) is 5.32. The lowest BCUT2D eigenvalue weighted by Crippen LogP contribution is -2.42. The summed E-state index contributed by atoms with van der Waals surface area (Å²) in [6.07, 6.45) is 0.577. The number of halogens is 1. The lowest BCUT2D eigenvalue weighted by molar-refractivity contribution is -0.385. The van der Waals surface area contributed by atoms with Crippen LogP contribution in [-0.4, -0.2) is 32.9 Å². The van der Waals surface area contributed by atoms with Crippen LogP contribution in [0, 0.1) is 17.0 Å². The minimum atomic E-state index is -4.45. The second kappa shape index (κ2) is 11.4. The molecule has 0 radical (unpaired) electrons. The minimum absolute atomic E-state index is 0.0242. The van der Waals surface area contributed by atoms with Gasteiger partial charge in [0.1, 0.15) is 12.3 Å². The van der Waals surface area contributed by atoms with Crippen molar-refractivity contribution in [2.75, 3.05) is 18.0 Å². The van der Waals surface area contributed by atoms with E-state index in [1.807, 2.05) is 37.3 Å². The molecule has 3 rings (SSSR count). The van der Waals surface area contributed by atoms with Crippen molar-refractivity contribution >= 4 is 38.9 Å². The summed E-state index contributed by atoms with van der Waals surface area (Å²) in [5.74, 6) is -0.412. The van der Waals surface area contributed by atoms with Crippen molar-refractivity contribution < 1.29 is 22.9 Å². The number of hydrogen-bond donors (Lipinski definition) is 1. The highest BCUT2D eigenvalue weighted by Crippen LogP contribution is 2.35. The number of benzene rings is 3. The average molecular weight is 532 g/mol. The smallest absolute Gasteiger partial charge is 0.273 e. The van der Waals surface area contributed by atoms with E-state index in [0.29, 0.717) is 12.0 Å². The normalized spacial score (nSPS) is 12.0. The van der Waals surface area contributed by atoms with Crippen molar-refractivity contribution in [1.82, 2.24) is 5.32 Å². The Morgan fingerprint density at radius 2 is 1.83 bits per heavy atom. The van der Waals surface area contributed by atoms with E-state index >= 15 is 0 Å². The molecule has 0 fully saturated rings. The first kappa shape index (κ1) is 27.0. The van der Waals surface area contributed by atoms with Gasteiger partial charge in [-0.3, -0.25) is 19.2 Å². The van der Waals surface area contributed by atoms with Crippen LogP contribution in [0.3, 0.4) is 0 Å². The highest BCUT2D eigenvalue weighted by molar-refractivity contribution is 7.92. The summed E-state index contributed by atoms with van der Waals surface area (Å²) in [5, 5.41) is 14.5. The first-order chi connectivity index (χ1) is 17.1. The van der Waals surface area contributed by atoms with E-state index in [-0.39, 0.29) is 33.1 Å². The second-order valence-electron chi connectivity index (χ2n) is 7.97. The Balaban J connectivity index is 2.06. The van der Waals surface area contributed by atoms with Crippen molar-refractivity contribution in [1.29, 1.82) is 0 Å². The maximum absolute atomic E-state index is 13.8. The summed E-state index contributed by atoms with van der Waals surface area (Å²) in [7, 11) is -3.09. The number of amides is 1. The van der Waals surface area contributed by atoms with E-state index in [1.54, 1.807) is 0 Å². The Hall–Kier alpha value is -3.63. The molecule has 1 amide bonds. The number of aryl methyl sites for hydroxylation is 1. The molecule has 1 N–H and O–H groups in total. The van der Waals surface area contributed by atoms with Crippen molar-refractivity contribution in [2.45, 2.75) is 31.2 Å². The number of nitro groups is 1. The van der Waals surface area contributed by atoms with Crippen LogP contribution in [0.2, 0.25) is 5.02 Å². The lowest BCUT2D eigenvalue weighted by Gasteiger charge is -2.27. The standard InChI is InChI=1S/C25H26ClN3O6S/c1-4-21(18-8-6-5-7-9-18)27-25(30)16-28(23-14-19(26)11-13-24(23)35-3)36(33,34)20-12-10-17(2)22(15-20)29(31)32/h5-15,21H,4,16H2,1-3H3,(H,27,30)/t21-/m0/s1. The highest BCUT2D eigenvalue weighted by Gasteiger charge is 2.32. The number of nitro benzene ring substituents is 1. The van der Waals surface area contributed by atoms with Gasteiger partial charge < -0.3 is 10.1 Å². The quantitative estimate of drug-likeness (QED) is 0.289. The second-order valence-corrected chi connectivity index (χ2v) is 10.3. The molecule has 11 heteroatoms. The third-order valence-corrected chi connectivity index (χ3v) is 7.60. The summed E-state index contributed by atoms with van der Waals surface area (Å²) >= 11 is 6.16. The number of anilines is 1. The van der Waals surface area contributed by atoms with Gasteiger partial charge in [-0.05, 0) is 43.2 Å². The molecule has 0 bridgehead atoms. The van der Waals surface area contributed by atoms with Crippen LogP contribution in [0.4, 0.5) is 11.4 Å². The number of nitrogens with zero attached hydrogens (tertiary/aromatic N) is 2. The molecule has 0 saturated carbocycles. The zero-order chi connectivity index (χ0) is 26.5. The van der Waals surface area contributed by atoms with Gasteiger partial charge in [0.05, 0.1) is 28.7 Å². The Bertz CT molecular complexity index is 1370. The first-order valence-electron chi connectivity index (χ1n) is 11.0. The van der Waals surface area contributed by atoms with Crippen LogP contribution >= 0.6 is 11.6 Å². The third kappa shape index (κ3) is 5.95. The van der Waals surface area contributed by atoms with E-state index in [2.05, 4.69) is 5.32 Å². The molecule has 9 nitrogen and oxygen atoms in total. The number of ether oxygens (including phenoxy) is 1. The number of carbonyl (C=O) groups excluding carboxylic acids is 1. The predicted octanol–water partition coefficient (Wildman–Crippen LogP) is 5.03. The van der Waals surface area contributed by atoms with Gasteiger partial charge in [-0.2, -0.15) is 0 Å². The molecular weight excluding hydrogens is 506 g/mol. The van der Waals surface area contributed by atoms with Gasteiger partial charge in [-0.15, -0.1) is 0 Å². The number of hydrogen-bond acceptors (Lipinski definition) is 6. The van der Waals surface area contributed by atoms with E-state index in [4.69, 9.17) is 16.3 Å². The molecule has 1 atom stereocenters. The highest BCUT2D eigenvalue weighted by atomic mass is 35.5. The lowest BCUT2D eigenvalue weighted by atomic mass is 10.0. The van der Waals surface area contributed by atoms with Gasteiger partial charge in [-0.25, -0.2) is 8.42 Å². The summed E-state index contributed by atoms with van der Waals surface area (Å²) in [6, 6.07) is 16.9. The zero-order valence-corrected chi connectivity index (χ0v) is 21.5. The molecule has 0 aliphatic carbocycles. The first-order valence-corrected chi connectivity index (χ1v) is 12.9. The monoisotopic (exact) mass is 531 g/mol. The SMILES string of the molecule is CC[C@H](NC(=O)CN(c1cc(Cl)ccc1OC)S(=O)(=O)c1ccc(C)c([N+](=O)[O-])c1)c1ccccc1. The summed E-state index contributed by atoms with van der Waals surface area (Å²) in [4.78, 5) is 23.6. The minimum Gasteiger partial charge on any atom is -0.495 e. The molecule has 36 heavy (non-hydrogen) atoms. The van der Waals surface area contributed by atoms with Crippen LogP contribution < -0.4 is 14.4 Å². The van der Waals surface area contributed by atoms with Crippen LogP contribution in [0.25, 0.3) is 0 Å². The summed E-state index contributed by atoms with van der Waals surface area (Å²) in [5.41, 5.74) is 0.847. The molecule has 190 valence electrons. The Morgan fingerprint density at radius 1 is 1.14 bits per heavy atom. The van der Waals surface area contributed by atoms with Crippen LogP contribution in [0.1, 0.15) is 30.5 Å². The number of carbonyl (C=O) groups is 1. The molecule has 0 aromatic heterocycles. The van der Waals surface area contributed by atoms with Crippen LogP contribution in [-0.2, 0) is 14.8 Å². The predicted molar refractivity (Wildman–Crippen MR) is 138 cm³/mol. The maximum atomic E-state index is 13.8. The summed E-state index contributed by atoms with van der Waals surface area (Å²) in [6.45, 7) is 2.80. The Morgan fingerprint density at radius 3 is 2.44 bits per heavy atom. The molecule has 0 saturated heterocycles. The van der Waals surface area contributed by atoms with Crippen molar-refractivity contribution in [3.05, 3.63) is 93.0 Å². The number of nitrogens with one attached hydrogen (secondary N) is 1. The van der Waals surface area contributed by atoms with Crippen molar-refractivity contribution in [3.8, 4) is 5.75 Å². The molecule has 0 heterocycles. The van der Waals surface area contributed by atoms with Gasteiger partial charge >= 0.3 is 0 Å². The third-order valence-electron chi connectivity index (χ3n) is 5.61.